The van der Waals surface area contributed by atoms with Crippen molar-refractivity contribution in [2.24, 2.45) is 4.99 Å². The summed E-state index contributed by atoms with van der Waals surface area (Å²) in [7, 11) is -3.63. The summed E-state index contributed by atoms with van der Waals surface area (Å²) in [4.78, 5) is 5.22. The Morgan fingerprint density at radius 2 is 1.50 bits per heavy atom. The summed E-state index contributed by atoms with van der Waals surface area (Å²) < 4.78 is 26.0. The van der Waals surface area contributed by atoms with Crippen LogP contribution in [0.4, 0.5) is 11.4 Å². The van der Waals surface area contributed by atoms with Crippen LogP contribution in [0.15, 0.2) is 81.7 Å². The van der Waals surface area contributed by atoms with E-state index in [0.29, 0.717) is 11.4 Å². The summed E-state index contributed by atoms with van der Waals surface area (Å²) in [5.41, 5.74) is 8.15. The van der Waals surface area contributed by atoms with Gasteiger partial charge in [-0.15, -0.1) is 0 Å². The van der Waals surface area contributed by atoms with Gasteiger partial charge in [-0.2, -0.15) is 0 Å². The standard InChI is InChI=1S/C25H24N2O2S/c1-16-10-11-22-21(14-16)25(27-24-18(3)12-17(2)13-19(24)4)23(26-22)15-30(28,29)20-8-6-5-7-9-20/h5-15,26H,1-4H3/b23-15-,27-25-. The Bertz CT molecular complexity index is 1280. The Hall–Kier alpha value is -3.18. The lowest BCUT2D eigenvalue weighted by Crippen LogP contribution is -2.07. The number of aryl methyl sites for hydroxylation is 4. The molecule has 152 valence electrons. The van der Waals surface area contributed by atoms with E-state index in [1.54, 1.807) is 30.3 Å². The molecule has 0 saturated carbocycles. The van der Waals surface area contributed by atoms with Crippen LogP contribution in [0, 0.1) is 27.7 Å². The van der Waals surface area contributed by atoms with Gasteiger partial charge < -0.3 is 5.32 Å². The number of fused-ring (bicyclic) bond motifs is 1. The van der Waals surface area contributed by atoms with Gasteiger partial charge in [0.2, 0.25) is 9.84 Å². The van der Waals surface area contributed by atoms with E-state index in [2.05, 4.69) is 24.4 Å². The highest BCUT2D eigenvalue weighted by molar-refractivity contribution is 7.94. The zero-order chi connectivity index (χ0) is 21.5. The number of sulfone groups is 1. The van der Waals surface area contributed by atoms with Gasteiger partial charge in [0.25, 0.3) is 0 Å². The van der Waals surface area contributed by atoms with Gasteiger partial charge in [-0.05, 0) is 63.1 Å². The van der Waals surface area contributed by atoms with Gasteiger partial charge in [0, 0.05) is 11.3 Å². The maximum atomic E-state index is 13.0. The minimum Gasteiger partial charge on any atom is -0.353 e. The Labute approximate surface area is 177 Å². The highest BCUT2D eigenvalue weighted by Crippen LogP contribution is 2.34. The van der Waals surface area contributed by atoms with Crippen molar-refractivity contribution in [2.75, 3.05) is 5.32 Å². The molecule has 0 unspecified atom stereocenters. The second-order valence-corrected chi connectivity index (χ2v) is 9.57. The third-order valence-corrected chi connectivity index (χ3v) is 6.63. The summed E-state index contributed by atoms with van der Waals surface area (Å²) >= 11 is 0. The lowest BCUT2D eigenvalue weighted by molar-refractivity contribution is 0.604. The zero-order valence-corrected chi connectivity index (χ0v) is 18.3. The van der Waals surface area contributed by atoms with Crippen molar-refractivity contribution in [3.63, 3.8) is 0 Å². The van der Waals surface area contributed by atoms with Gasteiger partial charge in [0.15, 0.2) is 0 Å². The van der Waals surface area contributed by atoms with Crippen LogP contribution in [0.25, 0.3) is 0 Å². The maximum Gasteiger partial charge on any atom is 0.201 e. The monoisotopic (exact) mass is 416 g/mol. The molecule has 0 radical (unpaired) electrons. The minimum absolute atomic E-state index is 0.258. The Balaban J connectivity index is 1.92. The van der Waals surface area contributed by atoms with Crippen molar-refractivity contribution in [1.29, 1.82) is 0 Å². The first-order valence-corrected chi connectivity index (χ1v) is 11.4. The summed E-state index contributed by atoms with van der Waals surface area (Å²) in [6.07, 6.45) is 0. The molecule has 0 amide bonds. The van der Waals surface area contributed by atoms with Gasteiger partial charge in [-0.1, -0.05) is 47.5 Å². The lowest BCUT2D eigenvalue weighted by Gasteiger charge is -2.09. The molecule has 0 atom stereocenters. The number of nitrogens with zero attached hydrogens (tertiary/aromatic N) is 1. The number of aliphatic imine (C=N–C) groups is 1. The van der Waals surface area contributed by atoms with E-state index in [1.165, 1.54) is 11.0 Å². The summed E-state index contributed by atoms with van der Waals surface area (Å²) in [6.45, 7) is 8.14. The zero-order valence-electron chi connectivity index (χ0n) is 17.5. The first-order chi connectivity index (χ1) is 14.2. The second-order valence-electron chi connectivity index (χ2n) is 7.77. The van der Waals surface area contributed by atoms with E-state index in [0.717, 1.165) is 33.6 Å². The molecule has 0 bridgehead atoms. The Morgan fingerprint density at radius 3 is 2.17 bits per heavy atom. The molecule has 0 aromatic heterocycles. The molecule has 4 nitrogen and oxygen atoms in total. The van der Waals surface area contributed by atoms with Crippen molar-refractivity contribution in [2.45, 2.75) is 32.6 Å². The van der Waals surface area contributed by atoms with Crippen LogP contribution in [0.1, 0.15) is 27.8 Å². The average Bonchev–Trinajstić information content (AvgIpc) is 3.01. The molecule has 3 aromatic carbocycles. The number of nitrogens with one attached hydrogen (secondary N) is 1. The van der Waals surface area contributed by atoms with Crippen LogP contribution >= 0.6 is 0 Å². The first-order valence-electron chi connectivity index (χ1n) is 9.81. The molecule has 0 saturated heterocycles. The lowest BCUT2D eigenvalue weighted by atomic mass is 10.0. The summed E-state index contributed by atoms with van der Waals surface area (Å²) in [5.74, 6) is 0. The van der Waals surface area contributed by atoms with Gasteiger partial charge >= 0.3 is 0 Å². The van der Waals surface area contributed by atoms with Crippen molar-refractivity contribution >= 4 is 26.9 Å². The van der Waals surface area contributed by atoms with Crippen LogP contribution in [-0.4, -0.2) is 14.1 Å². The van der Waals surface area contributed by atoms with Crippen LogP contribution < -0.4 is 5.32 Å². The van der Waals surface area contributed by atoms with E-state index in [-0.39, 0.29) is 4.90 Å². The normalized spacial score (nSPS) is 16.0. The fourth-order valence-corrected chi connectivity index (χ4v) is 4.97. The molecule has 4 rings (SSSR count). The number of benzene rings is 3. The quantitative estimate of drug-likeness (QED) is 0.589. The molecule has 0 spiro atoms. The fourth-order valence-electron chi connectivity index (χ4n) is 3.81. The molecular weight excluding hydrogens is 392 g/mol. The van der Waals surface area contributed by atoms with Crippen molar-refractivity contribution in [1.82, 2.24) is 0 Å². The van der Waals surface area contributed by atoms with Crippen LogP contribution in [0.3, 0.4) is 0 Å². The van der Waals surface area contributed by atoms with Gasteiger partial charge in [0.1, 0.15) is 0 Å². The third-order valence-electron chi connectivity index (χ3n) is 5.16. The molecule has 1 aliphatic heterocycles. The number of anilines is 1. The average molecular weight is 417 g/mol. The summed E-state index contributed by atoms with van der Waals surface area (Å²) in [6, 6.07) is 18.6. The SMILES string of the molecule is Cc1cc(C)c(/N=C2\C(=C\S(=O)(=O)c3ccccc3)Nc3ccc(C)cc32)c(C)c1. The van der Waals surface area contributed by atoms with E-state index < -0.39 is 9.84 Å². The molecule has 5 heteroatoms. The summed E-state index contributed by atoms with van der Waals surface area (Å²) in [5, 5.41) is 4.55. The van der Waals surface area contributed by atoms with Gasteiger partial charge in [-0.3, -0.25) is 0 Å². The van der Waals surface area contributed by atoms with E-state index >= 15 is 0 Å². The molecule has 1 heterocycles. The van der Waals surface area contributed by atoms with E-state index in [4.69, 9.17) is 4.99 Å². The molecule has 0 aliphatic carbocycles. The molecule has 0 fully saturated rings. The molecule has 1 aliphatic rings. The first kappa shape index (κ1) is 20.1. The van der Waals surface area contributed by atoms with E-state index in [1.807, 2.05) is 39.0 Å². The predicted molar refractivity (Wildman–Crippen MR) is 123 cm³/mol. The largest absolute Gasteiger partial charge is 0.353 e. The van der Waals surface area contributed by atoms with Crippen LogP contribution in [0.5, 0.6) is 0 Å². The van der Waals surface area contributed by atoms with Crippen molar-refractivity contribution in [3.05, 3.63) is 99.6 Å². The third kappa shape index (κ3) is 3.81. The van der Waals surface area contributed by atoms with Crippen LogP contribution in [-0.2, 0) is 9.84 Å². The Kier molecular flexibility index (Phi) is 5.08. The van der Waals surface area contributed by atoms with Gasteiger partial charge in [0.05, 0.1) is 27.4 Å². The van der Waals surface area contributed by atoms with Crippen molar-refractivity contribution < 1.29 is 8.42 Å². The maximum absolute atomic E-state index is 13.0. The molecule has 1 N–H and O–H groups in total. The molecule has 3 aromatic rings. The highest BCUT2D eigenvalue weighted by atomic mass is 32.2. The molecular formula is C25H24N2O2S. The van der Waals surface area contributed by atoms with Crippen molar-refractivity contribution in [3.8, 4) is 0 Å². The van der Waals surface area contributed by atoms with Gasteiger partial charge in [-0.25, -0.2) is 13.4 Å². The predicted octanol–water partition coefficient (Wildman–Crippen LogP) is 5.78. The fraction of sp³-hybridized carbons (Fsp3) is 0.160. The number of hydrogen-bond donors (Lipinski definition) is 1. The second kappa shape index (κ2) is 7.58. The van der Waals surface area contributed by atoms with E-state index in [9.17, 15) is 8.42 Å². The number of allylic oxidation sites excluding steroid dienone is 1. The number of rotatable bonds is 3. The molecule has 30 heavy (non-hydrogen) atoms. The highest BCUT2D eigenvalue weighted by Gasteiger charge is 2.26. The number of hydrogen-bond acceptors (Lipinski definition) is 4. The Morgan fingerprint density at radius 1 is 0.833 bits per heavy atom. The smallest absolute Gasteiger partial charge is 0.201 e. The van der Waals surface area contributed by atoms with Crippen LogP contribution in [0.2, 0.25) is 0 Å². The topological polar surface area (TPSA) is 58.5 Å². The minimum atomic E-state index is -3.63.